The van der Waals surface area contributed by atoms with Crippen LogP contribution < -0.4 is 10.2 Å². The van der Waals surface area contributed by atoms with Crippen LogP contribution in [0, 0.1) is 11.8 Å². The third-order valence-corrected chi connectivity index (χ3v) is 5.41. The highest BCUT2D eigenvalue weighted by molar-refractivity contribution is 5.94. The second kappa shape index (κ2) is 10.9. The minimum atomic E-state index is -4.52. The van der Waals surface area contributed by atoms with E-state index >= 15 is 0 Å². The van der Waals surface area contributed by atoms with Gasteiger partial charge in [0.05, 0.1) is 5.56 Å². The Labute approximate surface area is 209 Å². The number of nitrogens with zero attached hydrogens (tertiary/aromatic N) is 5. The molecular weight excluding hydrogens is 489 g/mol. The summed E-state index contributed by atoms with van der Waals surface area (Å²) < 4.78 is 36.8. The van der Waals surface area contributed by atoms with Crippen molar-refractivity contribution in [3.63, 3.8) is 0 Å². The van der Waals surface area contributed by atoms with Crippen molar-refractivity contribution in [2.24, 2.45) is 0 Å². The molecule has 4 rings (SSSR count). The average molecular weight is 510 g/mol. The first kappa shape index (κ1) is 25.4. The van der Waals surface area contributed by atoms with Crippen molar-refractivity contribution in [2.45, 2.75) is 6.18 Å². The number of benzene rings is 1. The van der Waals surface area contributed by atoms with Crippen LogP contribution in [0.3, 0.4) is 0 Å². The SMILES string of the molecule is O=C(NCC(F)(F)F)c1ccc(N2CCN(C(=O)c3cncc(C#Cc4cccc(O)c4)c3)CC2)nn1. The van der Waals surface area contributed by atoms with Gasteiger partial charge in [-0.3, -0.25) is 14.6 Å². The van der Waals surface area contributed by atoms with Gasteiger partial charge in [0, 0.05) is 49.7 Å². The number of anilines is 1. The third-order valence-electron chi connectivity index (χ3n) is 5.41. The summed E-state index contributed by atoms with van der Waals surface area (Å²) >= 11 is 0. The van der Waals surface area contributed by atoms with E-state index < -0.39 is 18.6 Å². The molecule has 3 aromatic rings. The van der Waals surface area contributed by atoms with E-state index in [4.69, 9.17) is 0 Å². The Hall–Kier alpha value is -4.66. The Kier molecular flexibility index (Phi) is 7.52. The lowest BCUT2D eigenvalue weighted by atomic mass is 10.1. The molecule has 9 nitrogen and oxygen atoms in total. The van der Waals surface area contributed by atoms with Crippen molar-refractivity contribution >= 4 is 17.6 Å². The van der Waals surface area contributed by atoms with Crippen molar-refractivity contribution < 1.29 is 27.9 Å². The summed E-state index contributed by atoms with van der Waals surface area (Å²) in [5, 5.41) is 19.0. The number of carbonyl (C=O) groups excluding carboxylic acids is 2. The van der Waals surface area contributed by atoms with Gasteiger partial charge in [0.25, 0.3) is 11.8 Å². The molecule has 0 unspecified atom stereocenters. The van der Waals surface area contributed by atoms with Crippen LogP contribution in [0.25, 0.3) is 0 Å². The molecule has 1 aliphatic heterocycles. The van der Waals surface area contributed by atoms with Crippen LogP contribution >= 0.6 is 0 Å². The molecule has 3 heterocycles. The summed E-state index contributed by atoms with van der Waals surface area (Å²) in [6, 6.07) is 11.0. The number of aromatic hydroxyl groups is 1. The zero-order chi connectivity index (χ0) is 26.4. The van der Waals surface area contributed by atoms with Crippen molar-refractivity contribution in [2.75, 3.05) is 37.6 Å². The lowest BCUT2D eigenvalue weighted by molar-refractivity contribution is -0.123. The van der Waals surface area contributed by atoms with E-state index in [-0.39, 0.29) is 17.4 Å². The number of nitrogens with one attached hydrogen (secondary N) is 1. The van der Waals surface area contributed by atoms with Crippen molar-refractivity contribution in [3.05, 3.63) is 77.2 Å². The van der Waals surface area contributed by atoms with Crippen LogP contribution in [0.1, 0.15) is 32.0 Å². The summed E-state index contributed by atoms with van der Waals surface area (Å²) in [6.07, 6.45) is -1.49. The van der Waals surface area contributed by atoms with Gasteiger partial charge in [-0.25, -0.2) is 0 Å². The fraction of sp³-hybridized carbons (Fsp3) is 0.240. The van der Waals surface area contributed by atoms with Gasteiger partial charge in [0.15, 0.2) is 11.5 Å². The molecule has 2 amide bonds. The van der Waals surface area contributed by atoms with E-state index in [1.54, 1.807) is 40.7 Å². The lowest BCUT2D eigenvalue weighted by Gasteiger charge is -2.35. The average Bonchev–Trinajstić information content (AvgIpc) is 2.90. The number of hydrogen-bond acceptors (Lipinski definition) is 7. The van der Waals surface area contributed by atoms with Crippen molar-refractivity contribution in [1.29, 1.82) is 0 Å². The number of aromatic nitrogens is 3. The van der Waals surface area contributed by atoms with Crippen LogP contribution in [-0.4, -0.2) is 75.9 Å². The Morgan fingerprint density at radius 2 is 1.73 bits per heavy atom. The molecule has 0 bridgehead atoms. The lowest BCUT2D eigenvalue weighted by Crippen LogP contribution is -2.49. The normalized spacial score (nSPS) is 13.5. The predicted octanol–water partition coefficient (Wildman–Crippen LogP) is 2.23. The predicted molar refractivity (Wildman–Crippen MR) is 127 cm³/mol. The van der Waals surface area contributed by atoms with Crippen molar-refractivity contribution in [3.8, 4) is 17.6 Å². The number of phenolic OH excluding ortho intramolecular Hbond substituents is 1. The molecule has 0 saturated carbocycles. The number of alkyl halides is 3. The minimum Gasteiger partial charge on any atom is -0.508 e. The molecule has 1 saturated heterocycles. The van der Waals surface area contributed by atoms with Gasteiger partial charge in [0.1, 0.15) is 12.3 Å². The van der Waals surface area contributed by atoms with Gasteiger partial charge >= 0.3 is 6.18 Å². The topological polar surface area (TPSA) is 112 Å². The summed E-state index contributed by atoms with van der Waals surface area (Å²) in [7, 11) is 0. The summed E-state index contributed by atoms with van der Waals surface area (Å²) in [4.78, 5) is 32.4. The molecule has 0 radical (unpaired) electrons. The molecule has 0 spiro atoms. The van der Waals surface area contributed by atoms with E-state index in [1.165, 1.54) is 24.4 Å². The van der Waals surface area contributed by atoms with Gasteiger partial charge < -0.3 is 20.2 Å². The second-order valence-electron chi connectivity index (χ2n) is 8.12. The molecule has 37 heavy (non-hydrogen) atoms. The van der Waals surface area contributed by atoms with E-state index in [2.05, 4.69) is 27.0 Å². The van der Waals surface area contributed by atoms with E-state index in [0.29, 0.717) is 48.7 Å². The standard InChI is InChI=1S/C25H21F3N6O3/c26-25(27,28)16-30-23(36)21-6-7-22(32-31-21)33-8-10-34(11-9-33)24(37)19-12-18(14-29-15-19)5-4-17-2-1-3-20(35)13-17/h1-3,6-7,12-15,35H,8-11,16H2,(H,30,36). The quantitative estimate of drug-likeness (QED) is 0.518. The second-order valence-corrected chi connectivity index (χ2v) is 8.12. The van der Waals surface area contributed by atoms with Crippen LogP contribution in [0.4, 0.5) is 19.0 Å². The van der Waals surface area contributed by atoms with Gasteiger partial charge in [-0.2, -0.15) is 13.2 Å². The maximum Gasteiger partial charge on any atom is 0.405 e. The first-order valence-corrected chi connectivity index (χ1v) is 11.2. The smallest absolute Gasteiger partial charge is 0.405 e. The number of phenols is 1. The van der Waals surface area contributed by atoms with Crippen LogP contribution in [0.15, 0.2) is 54.9 Å². The van der Waals surface area contributed by atoms with E-state index in [1.807, 2.05) is 4.90 Å². The largest absolute Gasteiger partial charge is 0.508 e. The van der Waals surface area contributed by atoms with E-state index in [9.17, 15) is 27.9 Å². The number of pyridine rings is 1. The molecule has 190 valence electrons. The minimum absolute atomic E-state index is 0.112. The molecular formula is C25H21F3N6O3. The highest BCUT2D eigenvalue weighted by Gasteiger charge is 2.28. The van der Waals surface area contributed by atoms with Crippen LogP contribution in [0.5, 0.6) is 5.75 Å². The Morgan fingerprint density at radius 3 is 2.41 bits per heavy atom. The first-order valence-electron chi connectivity index (χ1n) is 11.2. The van der Waals surface area contributed by atoms with Gasteiger partial charge in [-0.1, -0.05) is 17.9 Å². The molecule has 0 aliphatic carbocycles. The molecule has 1 aliphatic rings. The zero-order valence-corrected chi connectivity index (χ0v) is 19.4. The van der Waals surface area contributed by atoms with Gasteiger partial charge in [0.2, 0.25) is 0 Å². The number of hydrogen-bond donors (Lipinski definition) is 2. The number of piperazine rings is 1. The number of carbonyl (C=O) groups is 2. The highest BCUT2D eigenvalue weighted by atomic mass is 19.4. The van der Waals surface area contributed by atoms with E-state index in [0.717, 1.165) is 0 Å². The number of amides is 2. The fourth-order valence-corrected chi connectivity index (χ4v) is 3.56. The Morgan fingerprint density at radius 1 is 0.973 bits per heavy atom. The molecule has 2 N–H and O–H groups in total. The maximum absolute atomic E-state index is 13.0. The highest BCUT2D eigenvalue weighted by Crippen LogP contribution is 2.16. The number of rotatable bonds is 4. The molecule has 0 atom stereocenters. The monoisotopic (exact) mass is 510 g/mol. The summed E-state index contributed by atoms with van der Waals surface area (Å²) in [6.45, 7) is 0.240. The molecule has 12 heteroatoms. The van der Waals surface area contributed by atoms with Crippen LogP contribution in [-0.2, 0) is 0 Å². The number of halogens is 3. The van der Waals surface area contributed by atoms with Crippen LogP contribution in [0.2, 0.25) is 0 Å². The summed E-state index contributed by atoms with van der Waals surface area (Å²) in [5.41, 5.74) is 1.36. The Balaban J connectivity index is 1.34. The third kappa shape index (κ3) is 6.94. The summed E-state index contributed by atoms with van der Waals surface area (Å²) in [5.74, 6) is 5.27. The molecule has 1 fully saturated rings. The first-order chi connectivity index (χ1) is 17.7. The van der Waals surface area contributed by atoms with Gasteiger partial charge in [-0.15, -0.1) is 10.2 Å². The van der Waals surface area contributed by atoms with Crippen molar-refractivity contribution in [1.82, 2.24) is 25.4 Å². The zero-order valence-electron chi connectivity index (χ0n) is 19.4. The fourth-order valence-electron chi connectivity index (χ4n) is 3.56. The molecule has 1 aromatic carbocycles. The van der Waals surface area contributed by atoms with Gasteiger partial charge in [-0.05, 0) is 36.4 Å². The maximum atomic E-state index is 13.0. The Bertz CT molecular complexity index is 1340. The molecule has 2 aromatic heterocycles.